The average Bonchev–Trinajstić information content (AvgIpc) is 1.65. The van der Waals surface area contributed by atoms with E-state index in [4.69, 9.17) is 14.3 Å². The molecule has 0 aliphatic carbocycles. The van der Waals surface area contributed by atoms with Crippen LogP contribution in [0.5, 0.6) is 0 Å². The summed E-state index contributed by atoms with van der Waals surface area (Å²) in [5, 5.41) is 0. The fourth-order valence-electron chi connectivity index (χ4n) is 0.606. The van der Waals surface area contributed by atoms with E-state index in [1.165, 1.54) is 0 Å². The summed E-state index contributed by atoms with van der Waals surface area (Å²) in [5.74, 6) is 1.29. The first-order valence-electron chi connectivity index (χ1n) is 2.56. The molecule has 4 heteroatoms. The number of nitrogens with one attached hydrogen (secondary N) is 2. The van der Waals surface area contributed by atoms with E-state index < -0.39 is 9.62 Å². The van der Waals surface area contributed by atoms with Crippen LogP contribution in [0.2, 0.25) is 0 Å². The van der Waals surface area contributed by atoms with Crippen LogP contribution in [0.15, 0.2) is 0 Å². The van der Waals surface area contributed by atoms with Crippen molar-refractivity contribution in [3.05, 3.63) is 0 Å². The van der Waals surface area contributed by atoms with Gasteiger partial charge in [0.1, 0.15) is 0 Å². The highest BCUT2D eigenvalue weighted by Gasteiger charge is 2.07. The van der Waals surface area contributed by atoms with Gasteiger partial charge in [-0.25, -0.2) is 0 Å². The Balaban J connectivity index is 2.58. The molecule has 0 amide bonds. The van der Waals surface area contributed by atoms with Crippen LogP contribution in [0, 0.1) is 9.56 Å². The van der Waals surface area contributed by atoms with Crippen molar-refractivity contribution in [2.75, 3.05) is 24.7 Å². The van der Waals surface area contributed by atoms with Crippen molar-refractivity contribution in [1.29, 1.82) is 9.56 Å². The molecule has 0 saturated carbocycles. The largest absolute Gasteiger partial charge is 0.380 e. The smallest absolute Gasteiger partial charge is 0.0575 e. The summed E-state index contributed by atoms with van der Waals surface area (Å²) >= 11 is 0. The topological polar surface area (TPSA) is 56.9 Å². The molecule has 3 nitrogen and oxygen atoms in total. The Kier molecular flexibility index (Phi) is 1.53. The monoisotopic (exact) mass is 134 g/mol. The van der Waals surface area contributed by atoms with Crippen LogP contribution >= 0.6 is 0 Å². The zero-order valence-corrected chi connectivity index (χ0v) is 5.46. The summed E-state index contributed by atoms with van der Waals surface area (Å²) in [6.45, 7) is 1.25. The summed E-state index contributed by atoms with van der Waals surface area (Å²) in [6, 6.07) is 0. The van der Waals surface area contributed by atoms with Gasteiger partial charge >= 0.3 is 0 Å². The Morgan fingerprint density at radius 1 is 1.12 bits per heavy atom. The summed E-state index contributed by atoms with van der Waals surface area (Å²) in [7, 11) is -1.71. The summed E-state index contributed by atoms with van der Waals surface area (Å²) in [4.78, 5) is 0. The third-order valence-corrected chi connectivity index (χ3v) is 2.88. The van der Waals surface area contributed by atoms with Crippen LogP contribution in [0.25, 0.3) is 0 Å². The fraction of sp³-hybridized carbons (Fsp3) is 1.00. The lowest BCUT2D eigenvalue weighted by Crippen LogP contribution is -2.23. The third-order valence-electron chi connectivity index (χ3n) is 1.15. The maximum absolute atomic E-state index is 7.30. The standard InChI is InChI=1S/C4H10N2OS/c5-8(6)3-1-7-2-4-8/h5-6H,1-4H2. The lowest BCUT2D eigenvalue weighted by Gasteiger charge is -2.16. The van der Waals surface area contributed by atoms with Crippen LogP contribution < -0.4 is 0 Å². The maximum Gasteiger partial charge on any atom is 0.0575 e. The maximum atomic E-state index is 7.30. The minimum Gasteiger partial charge on any atom is -0.380 e. The second kappa shape index (κ2) is 2.03. The molecule has 0 radical (unpaired) electrons. The molecular formula is C4H10N2OS. The predicted octanol–water partition coefficient (Wildman–Crippen LogP) is 0.695. The van der Waals surface area contributed by atoms with Gasteiger partial charge < -0.3 is 4.74 Å². The molecule has 0 aromatic carbocycles. The van der Waals surface area contributed by atoms with Gasteiger partial charge in [-0.15, -0.1) is 0 Å². The minimum atomic E-state index is -1.71. The van der Waals surface area contributed by atoms with E-state index in [0.29, 0.717) is 24.7 Å². The van der Waals surface area contributed by atoms with Gasteiger partial charge in [0.2, 0.25) is 0 Å². The second-order valence-corrected chi connectivity index (χ2v) is 4.49. The molecule has 0 unspecified atom stereocenters. The van der Waals surface area contributed by atoms with E-state index >= 15 is 0 Å². The van der Waals surface area contributed by atoms with Crippen LogP contribution in [-0.2, 0) is 14.4 Å². The van der Waals surface area contributed by atoms with Gasteiger partial charge in [-0.05, 0) is 0 Å². The van der Waals surface area contributed by atoms with Gasteiger partial charge in [0.05, 0.1) is 13.2 Å². The predicted molar refractivity (Wildman–Crippen MR) is 33.4 cm³/mol. The molecule has 1 aliphatic rings. The van der Waals surface area contributed by atoms with Gasteiger partial charge in [-0.3, -0.25) is 9.56 Å². The zero-order valence-electron chi connectivity index (χ0n) is 4.64. The van der Waals surface area contributed by atoms with Crippen molar-refractivity contribution >= 4 is 9.62 Å². The second-order valence-electron chi connectivity index (χ2n) is 1.90. The van der Waals surface area contributed by atoms with Crippen molar-refractivity contribution in [3.63, 3.8) is 0 Å². The van der Waals surface area contributed by atoms with E-state index in [-0.39, 0.29) is 0 Å². The molecule has 0 bridgehead atoms. The third kappa shape index (κ3) is 1.45. The van der Waals surface area contributed by atoms with Crippen LogP contribution in [0.4, 0.5) is 0 Å². The molecule has 8 heavy (non-hydrogen) atoms. The molecule has 0 aromatic heterocycles. The SMILES string of the molecule is N=S1(=N)CCOCC1. The number of ether oxygens (including phenoxy) is 1. The molecule has 2 N–H and O–H groups in total. The van der Waals surface area contributed by atoms with E-state index in [1.807, 2.05) is 0 Å². The fourth-order valence-corrected chi connectivity index (χ4v) is 1.62. The molecule has 1 heterocycles. The molecule has 1 fully saturated rings. The van der Waals surface area contributed by atoms with Crippen LogP contribution in [0.3, 0.4) is 0 Å². The summed E-state index contributed by atoms with van der Waals surface area (Å²) in [6.07, 6.45) is 0. The van der Waals surface area contributed by atoms with Gasteiger partial charge in [0.25, 0.3) is 0 Å². The van der Waals surface area contributed by atoms with Gasteiger partial charge in [0, 0.05) is 11.5 Å². The average molecular weight is 134 g/mol. The van der Waals surface area contributed by atoms with Gasteiger partial charge in [-0.2, -0.15) is 0 Å². The highest BCUT2D eigenvalue weighted by molar-refractivity contribution is 7.93. The highest BCUT2D eigenvalue weighted by atomic mass is 32.2. The van der Waals surface area contributed by atoms with Crippen LogP contribution in [0.1, 0.15) is 0 Å². The number of hydrogen-bond acceptors (Lipinski definition) is 3. The lowest BCUT2D eigenvalue weighted by atomic mass is 10.8. The summed E-state index contributed by atoms with van der Waals surface area (Å²) in [5.41, 5.74) is 0. The molecule has 1 aliphatic heterocycles. The van der Waals surface area contributed by atoms with Crippen molar-refractivity contribution in [2.24, 2.45) is 0 Å². The first-order valence-corrected chi connectivity index (χ1v) is 4.53. The Morgan fingerprint density at radius 2 is 1.62 bits per heavy atom. The lowest BCUT2D eigenvalue weighted by molar-refractivity contribution is 0.159. The summed E-state index contributed by atoms with van der Waals surface area (Å²) < 4.78 is 19.6. The van der Waals surface area contributed by atoms with Crippen molar-refractivity contribution in [3.8, 4) is 0 Å². The first-order chi connectivity index (χ1) is 3.71. The molecular weight excluding hydrogens is 124 g/mol. The van der Waals surface area contributed by atoms with E-state index in [0.717, 1.165) is 0 Å². The Morgan fingerprint density at radius 3 is 1.88 bits per heavy atom. The van der Waals surface area contributed by atoms with Crippen molar-refractivity contribution in [1.82, 2.24) is 0 Å². The quantitative estimate of drug-likeness (QED) is 0.503. The molecule has 1 saturated heterocycles. The van der Waals surface area contributed by atoms with Crippen molar-refractivity contribution < 1.29 is 4.74 Å². The Hall–Kier alpha value is -0.0900. The number of hydrogen-bond donors (Lipinski definition) is 2. The van der Waals surface area contributed by atoms with Crippen LogP contribution in [-0.4, -0.2) is 24.7 Å². The van der Waals surface area contributed by atoms with E-state index in [9.17, 15) is 0 Å². The normalized spacial score (nSPS) is 27.5. The molecule has 48 valence electrons. The molecule has 0 atom stereocenters. The van der Waals surface area contributed by atoms with Crippen molar-refractivity contribution in [2.45, 2.75) is 0 Å². The highest BCUT2D eigenvalue weighted by Crippen LogP contribution is 1.99. The number of rotatable bonds is 0. The van der Waals surface area contributed by atoms with E-state index in [2.05, 4.69) is 0 Å². The van der Waals surface area contributed by atoms with Gasteiger partial charge in [-0.1, -0.05) is 9.62 Å². The zero-order chi connectivity index (χ0) is 6.04. The van der Waals surface area contributed by atoms with Gasteiger partial charge in [0.15, 0.2) is 0 Å². The molecule has 1 rings (SSSR count). The Labute approximate surface area is 49.5 Å². The van der Waals surface area contributed by atoms with E-state index in [1.54, 1.807) is 0 Å². The Bertz CT molecular complexity index is 149. The first kappa shape index (κ1) is 6.04. The molecule has 0 aromatic rings. The molecule has 0 spiro atoms. The minimum absolute atomic E-state index is 0.627.